The summed E-state index contributed by atoms with van der Waals surface area (Å²) in [6.45, 7) is 2.38. The van der Waals surface area contributed by atoms with Crippen molar-refractivity contribution in [2.24, 2.45) is 0 Å². The average molecular weight is 357 g/mol. The molecule has 0 aliphatic heterocycles. The number of aryl methyl sites for hydroxylation is 2. The number of nitrogens with one attached hydrogen (secondary N) is 1. The fourth-order valence-corrected chi connectivity index (χ4v) is 2.91. The summed E-state index contributed by atoms with van der Waals surface area (Å²) in [5, 5.41) is 2.82. The number of carbonyl (C=O) groups is 2. The van der Waals surface area contributed by atoms with Crippen molar-refractivity contribution in [3.05, 3.63) is 65.7 Å². The van der Waals surface area contributed by atoms with Gasteiger partial charge in [0.15, 0.2) is 0 Å². The number of amides is 1. The predicted molar refractivity (Wildman–Crippen MR) is 103 cm³/mol. The van der Waals surface area contributed by atoms with Crippen LogP contribution in [0.4, 0.5) is 5.69 Å². The van der Waals surface area contributed by atoms with E-state index in [4.69, 9.17) is 4.74 Å². The fraction of sp³-hybridized carbons (Fsp3) is 0.300. The molecule has 0 saturated carbocycles. The monoisotopic (exact) mass is 357 g/mol. The molecule has 0 atom stereocenters. The molecule has 0 radical (unpaired) electrons. The molecule has 0 aromatic heterocycles. The van der Waals surface area contributed by atoms with Gasteiger partial charge in [-0.25, -0.2) is 0 Å². The van der Waals surface area contributed by atoms with Crippen molar-refractivity contribution in [3.8, 4) is 0 Å². The lowest BCUT2D eigenvalue weighted by Gasteiger charge is -2.07. The van der Waals surface area contributed by atoms with Crippen LogP contribution in [0.1, 0.15) is 17.5 Å². The Hall–Kier alpha value is -2.27. The van der Waals surface area contributed by atoms with E-state index in [9.17, 15) is 9.59 Å². The zero-order chi connectivity index (χ0) is 17.9. The van der Waals surface area contributed by atoms with Crippen molar-refractivity contribution in [1.82, 2.24) is 0 Å². The maximum Gasteiger partial charge on any atom is 0.315 e. The van der Waals surface area contributed by atoms with Crippen LogP contribution in [0.2, 0.25) is 0 Å². The van der Waals surface area contributed by atoms with Gasteiger partial charge in [-0.05, 0) is 43.0 Å². The van der Waals surface area contributed by atoms with Crippen LogP contribution < -0.4 is 5.32 Å². The van der Waals surface area contributed by atoms with E-state index in [1.807, 2.05) is 49.4 Å². The van der Waals surface area contributed by atoms with Gasteiger partial charge >= 0.3 is 5.97 Å². The minimum absolute atomic E-state index is 0.118. The minimum Gasteiger partial charge on any atom is -0.465 e. The summed E-state index contributed by atoms with van der Waals surface area (Å²) in [4.78, 5) is 23.5. The zero-order valence-electron chi connectivity index (χ0n) is 14.4. The highest BCUT2D eigenvalue weighted by Crippen LogP contribution is 2.11. The molecule has 5 heteroatoms. The highest BCUT2D eigenvalue weighted by atomic mass is 32.2. The molecule has 1 N–H and O–H groups in total. The number of benzene rings is 2. The molecular weight excluding hydrogens is 334 g/mol. The van der Waals surface area contributed by atoms with E-state index in [1.54, 1.807) is 0 Å². The Balaban J connectivity index is 1.55. The summed E-state index contributed by atoms with van der Waals surface area (Å²) in [5.74, 6) is 0.0218. The van der Waals surface area contributed by atoms with E-state index >= 15 is 0 Å². The van der Waals surface area contributed by atoms with Gasteiger partial charge in [0, 0.05) is 5.69 Å². The number of rotatable bonds is 9. The van der Waals surface area contributed by atoms with E-state index in [2.05, 4.69) is 17.4 Å². The van der Waals surface area contributed by atoms with Crippen LogP contribution in [0.3, 0.4) is 0 Å². The fourth-order valence-electron chi connectivity index (χ4n) is 2.30. The first-order valence-corrected chi connectivity index (χ1v) is 9.43. The Morgan fingerprint density at radius 2 is 1.84 bits per heavy atom. The molecule has 0 fully saturated rings. The van der Waals surface area contributed by atoms with E-state index in [1.165, 1.54) is 17.3 Å². The van der Waals surface area contributed by atoms with Crippen molar-refractivity contribution >= 4 is 29.3 Å². The molecular formula is C20H23NO3S. The number of thioether (sulfide) groups is 1. The first-order chi connectivity index (χ1) is 12.1. The van der Waals surface area contributed by atoms with Gasteiger partial charge in [0.1, 0.15) is 0 Å². The zero-order valence-corrected chi connectivity index (χ0v) is 15.2. The molecule has 0 aliphatic carbocycles. The maximum atomic E-state index is 11.8. The second-order valence-electron chi connectivity index (χ2n) is 5.72. The van der Waals surface area contributed by atoms with Crippen LogP contribution in [0.25, 0.3) is 0 Å². The number of anilines is 1. The van der Waals surface area contributed by atoms with Crippen molar-refractivity contribution in [2.75, 3.05) is 23.4 Å². The lowest BCUT2D eigenvalue weighted by Crippen LogP contribution is -2.16. The lowest BCUT2D eigenvalue weighted by atomic mass is 10.1. The number of carbonyl (C=O) groups excluding carboxylic acids is 2. The summed E-state index contributed by atoms with van der Waals surface area (Å²) < 4.78 is 5.19. The van der Waals surface area contributed by atoms with Gasteiger partial charge in [0.05, 0.1) is 18.1 Å². The first kappa shape index (κ1) is 19.1. The van der Waals surface area contributed by atoms with E-state index < -0.39 is 0 Å². The van der Waals surface area contributed by atoms with Crippen molar-refractivity contribution in [1.29, 1.82) is 0 Å². The summed E-state index contributed by atoms with van der Waals surface area (Å²) in [6.07, 6.45) is 1.69. The smallest absolute Gasteiger partial charge is 0.315 e. The molecule has 2 aromatic carbocycles. The van der Waals surface area contributed by atoms with Crippen LogP contribution in [-0.4, -0.2) is 30.0 Å². The van der Waals surface area contributed by atoms with Crippen LogP contribution >= 0.6 is 11.8 Å². The Labute approximate surface area is 153 Å². The number of ether oxygens (including phenoxy) is 1. The molecule has 0 saturated heterocycles. The second kappa shape index (κ2) is 10.6. The van der Waals surface area contributed by atoms with Gasteiger partial charge in [0.25, 0.3) is 0 Å². The summed E-state index contributed by atoms with van der Waals surface area (Å²) >= 11 is 1.26. The number of hydrogen-bond acceptors (Lipinski definition) is 4. The van der Waals surface area contributed by atoms with Gasteiger partial charge in [-0.3, -0.25) is 9.59 Å². The Bertz CT molecular complexity index is 688. The highest BCUT2D eigenvalue weighted by molar-refractivity contribution is 8.00. The second-order valence-corrected chi connectivity index (χ2v) is 6.71. The number of hydrogen-bond donors (Lipinski definition) is 1. The summed E-state index contributed by atoms with van der Waals surface area (Å²) in [6, 6.07) is 17.7. The van der Waals surface area contributed by atoms with Gasteiger partial charge in [0.2, 0.25) is 5.91 Å². The Morgan fingerprint density at radius 3 is 2.60 bits per heavy atom. The molecule has 0 heterocycles. The molecule has 2 rings (SSSR count). The normalized spacial score (nSPS) is 10.3. The maximum absolute atomic E-state index is 11.8. The average Bonchev–Trinajstić information content (AvgIpc) is 2.60. The molecule has 0 bridgehead atoms. The first-order valence-electron chi connectivity index (χ1n) is 8.27. The number of esters is 1. The molecule has 1 amide bonds. The van der Waals surface area contributed by atoms with Gasteiger partial charge in [-0.1, -0.05) is 42.5 Å². The topological polar surface area (TPSA) is 55.4 Å². The van der Waals surface area contributed by atoms with Crippen molar-refractivity contribution in [2.45, 2.75) is 19.8 Å². The van der Waals surface area contributed by atoms with E-state index in [0.29, 0.717) is 6.61 Å². The molecule has 4 nitrogen and oxygen atoms in total. The van der Waals surface area contributed by atoms with Gasteiger partial charge in [-0.15, -0.1) is 11.8 Å². The van der Waals surface area contributed by atoms with Crippen LogP contribution in [0.5, 0.6) is 0 Å². The van der Waals surface area contributed by atoms with Crippen molar-refractivity contribution in [3.63, 3.8) is 0 Å². The third kappa shape index (κ3) is 7.90. The third-order valence-electron chi connectivity index (χ3n) is 3.47. The Morgan fingerprint density at radius 1 is 1.04 bits per heavy atom. The summed E-state index contributed by atoms with van der Waals surface area (Å²) in [7, 11) is 0. The van der Waals surface area contributed by atoms with Gasteiger partial charge < -0.3 is 10.1 Å². The molecule has 0 spiro atoms. The molecule has 132 valence electrons. The predicted octanol–water partition coefficient (Wildman–Crippen LogP) is 3.84. The largest absolute Gasteiger partial charge is 0.465 e. The van der Waals surface area contributed by atoms with E-state index in [-0.39, 0.29) is 23.4 Å². The molecule has 0 aliphatic rings. The lowest BCUT2D eigenvalue weighted by molar-refractivity contribution is -0.140. The van der Waals surface area contributed by atoms with Gasteiger partial charge in [-0.2, -0.15) is 0 Å². The Kier molecular flexibility index (Phi) is 8.05. The quantitative estimate of drug-likeness (QED) is 0.547. The van der Waals surface area contributed by atoms with Crippen molar-refractivity contribution < 1.29 is 14.3 Å². The SMILES string of the molecule is Cc1cccc(NC(=O)CSCC(=O)OCCCc2ccccc2)c1. The van der Waals surface area contributed by atoms with E-state index in [0.717, 1.165) is 24.1 Å². The highest BCUT2D eigenvalue weighted by Gasteiger charge is 2.07. The molecule has 2 aromatic rings. The molecule has 25 heavy (non-hydrogen) atoms. The van der Waals surface area contributed by atoms with Crippen LogP contribution in [0.15, 0.2) is 54.6 Å². The van der Waals surface area contributed by atoms with Crippen LogP contribution in [-0.2, 0) is 20.7 Å². The standard InChI is InChI=1S/C20H23NO3S/c1-16-7-5-11-18(13-16)21-19(22)14-25-15-20(23)24-12-6-10-17-8-3-2-4-9-17/h2-5,7-9,11,13H,6,10,12,14-15H2,1H3,(H,21,22). The van der Waals surface area contributed by atoms with Crippen LogP contribution in [0, 0.1) is 6.92 Å². The summed E-state index contributed by atoms with van der Waals surface area (Å²) in [5.41, 5.74) is 3.10. The minimum atomic E-state index is -0.276. The molecule has 0 unspecified atom stereocenters. The third-order valence-corrected chi connectivity index (χ3v) is 4.38.